The number of rotatable bonds is 7. The maximum Gasteiger partial charge on any atom is 0.0629 e. The molecule has 0 N–H and O–H groups in total. The van der Waals surface area contributed by atoms with Crippen molar-refractivity contribution in [1.82, 2.24) is 0 Å². The predicted molar refractivity (Wildman–Crippen MR) is 218 cm³/mol. The Morgan fingerprint density at radius 1 is 0.294 bits per heavy atom. The molecule has 1 nitrogen and oxygen atoms in total. The van der Waals surface area contributed by atoms with E-state index in [1.54, 1.807) is 0 Å². The molecule has 0 aliphatic heterocycles. The summed E-state index contributed by atoms with van der Waals surface area (Å²) in [4.78, 5) is 2.27. The van der Waals surface area contributed by atoms with E-state index in [-0.39, 0.29) is 29.7 Å². The van der Waals surface area contributed by atoms with Gasteiger partial charge in [0.2, 0.25) is 0 Å². The fourth-order valence-corrected chi connectivity index (χ4v) is 7.01. The van der Waals surface area contributed by atoms with E-state index in [0.717, 1.165) is 39.3 Å². The van der Waals surface area contributed by atoms with Crippen LogP contribution in [0, 0.1) is 0 Å². The third kappa shape index (κ3) is 5.96. The highest BCUT2D eigenvalue weighted by atomic mass is 15.1. The van der Waals surface area contributed by atoms with Crippen molar-refractivity contribution in [3.05, 3.63) is 212 Å². The minimum atomic E-state index is -0.393. The van der Waals surface area contributed by atoms with Crippen molar-refractivity contribution in [3.63, 3.8) is 0 Å². The molecular formula is C50H35N. The molecule has 1 heteroatoms. The highest BCUT2D eigenvalue weighted by molar-refractivity contribution is 5.98. The van der Waals surface area contributed by atoms with Gasteiger partial charge < -0.3 is 4.90 Å². The first-order valence-electron chi connectivity index (χ1n) is 19.6. The van der Waals surface area contributed by atoms with Crippen molar-refractivity contribution in [2.75, 3.05) is 4.90 Å². The zero-order valence-electron chi connectivity index (χ0n) is 32.8. The quantitative estimate of drug-likeness (QED) is 0.165. The average Bonchev–Trinajstić information content (AvgIpc) is 3.26. The molecule has 9 aromatic rings. The molecule has 0 unspecified atom stereocenters. The molecule has 0 bridgehead atoms. The van der Waals surface area contributed by atoms with E-state index >= 15 is 0 Å². The van der Waals surface area contributed by atoms with Gasteiger partial charge in [-0.25, -0.2) is 0 Å². The van der Waals surface area contributed by atoms with E-state index in [1.165, 1.54) is 32.7 Å². The van der Waals surface area contributed by atoms with Gasteiger partial charge in [-0.1, -0.05) is 176 Å². The zero-order chi connectivity index (χ0) is 38.3. The summed E-state index contributed by atoms with van der Waals surface area (Å²) >= 11 is 0. The molecule has 0 saturated heterocycles. The van der Waals surface area contributed by atoms with Crippen LogP contribution in [0.1, 0.15) is 6.85 Å². The van der Waals surface area contributed by atoms with Gasteiger partial charge in [-0.15, -0.1) is 0 Å². The molecule has 0 saturated carbocycles. The molecule has 9 aromatic carbocycles. The van der Waals surface area contributed by atoms with Crippen molar-refractivity contribution >= 4 is 38.6 Å². The number of nitrogens with zero attached hydrogens (tertiary/aromatic N) is 1. The molecule has 0 amide bonds. The first-order chi connectivity index (χ1) is 27.4. The van der Waals surface area contributed by atoms with Crippen LogP contribution in [0.2, 0.25) is 0 Å². The van der Waals surface area contributed by atoms with Gasteiger partial charge in [0.1, 0.15) is 0 Å². The van der Waals surface area contributed by atoms with Crippen molar-refractivity contribution in [1.29, 1.82) is 0 Å². The van der Waals surface area contributed by atoms with Crippen LogP contribution in [-0.2, 0) is 0 Å². The van der Waals surface area contributed by atoms with Crippen LogP contribution >= 0.6 is 0 Å². The molecule has 51 heavy (non-hydrogen) atoms. The van der Waals surface area contributed by atoms with Crippen LogP contribution in [0.5, 0.6) is 0 Å². The fourth-order valence-electron chi connectivity index (χ4n) is 7.01. The van der Waals surface area contributed by atoms with Gasteiger partial charge in [-0.3, -0.25) is 0 Å². The summed E-state index contributed by atoms with van der Waals surface area (Å²) in [5.74, 6) is 0. The Morgan fingerprint density at radius 3 is 1.10 bits per heavy atom. The number of hydrogen-bond acceptors (Lipinski definition) is 1. The van der Waals surface area contributed by atoms with E-state index in [4.69, 9.17) is 6.85 Å². The Bertz CT molecular complexity index is 2720. The molecule has 0 fully saturated rings. The maximum atomic E-state index is 8.39. The van der Waals surface area contributed by atoms with Crippen LogP contribution in [0.3, 0.4) is 0 Å². The van der Waals surface area contributed by atoms with Crippen molar-refractivity contribution in [2.45, 2.75) is 0 Å². The van der Waals surface area contributed by atoms with Crippen LogP contribution < -0.4 is 4.90 Å². The number of fused-ring (bicyclic) bond motifs is 2. The highest BCUT2D eigenvalue weighted by Crippen LogP contribution is 2.39. The van der Waals surface area contributed by atoms with Gasteiger partial charge in [-0.2, -0.15) is 0 Å². The first-order valence-corrected chi connectivity index (χ1v) is 17.1. The Kier molecular flexibility index (Phi) is 6.60. The summed E-state index contributed by atoms with van der Waals surface area (Å²) in [6, 6.07) is 61.8. The van der Waals surface area contributed by atoms with Crippen molar-refractivity contribution in [3.8, 4) is 44.5 Å². The van der Waals surface area contributed by atoms with Gasteiger partial charge in [0.15, 0.2) is 0 Å². The van der Waals surface area contributed by atoms with Gasteiger partial charge in [-0.05, 0) is 102 Å². The third-order valence-electron chi connectivity index (χ3n) is 9.58. The summed E-state index contributed by atoms with van der Waals surface area (Å²) in [6.45, 7) is 0. The molecule has 0 aliphatic carbocycles. The molecule has 240 valence electrons. The van der Waals surface area contributed by atoms with E-state index in [1.807, 2.05) is 24.3 Å². The second-order valence-electron chi connectivity index (χ2n) is 12.6. The minimum absolute atomic E-state index is 0.200. The summed E-state index contributed by atoms with van der Waals surface area (Å²) in [5, 5.41) is 4.87. The number of hydrogen-bond donors (Lipinski definition) is 0. The molecule has 0 heterocycles. The lowest BCUT2D eigenvalue weighted by Gasteiger charge is -2.26. The summed E-state index contributed by atoms with van der Waals surface area (Å²) in [7, 11) is 0. The van der Waals surface area contributed by atoms with Gasteiger partial charge >= 0.3 is 0 Å². The summed E-state index contributed by atoms with van der Waals surface area (Å²) < 4.78 is 40.9. The van der Waals surface area contributed by atoms with E-state index in [2.05, 4.69) is 163 Å². The lowest BCUT2D eigenvalue weighted by molar-refractivity contribution is 1.28. The lowest BCUT2D eigenvalue weighted by Crippen LogP contribution is -2.09. The highest BCUT2D eigenvalue weighted by Gasteiger charge is 2.15. The van der Waals surface area contributed by atoms with Crippen LogP contribution in [0.15, 0.2) is 212 Å². The molecular weight excluding hydrogens is 615 g/mol. The predicted octanol–water partition coefficient (Wildman–Crippen LogP) is 14.1. The van der Waals surface area contributed by atoms with E-state index in [9.17, 15) is 0 Å². The van der Waals surface area contributed by atoms with Crippen molar-refractivity contribution < 1.29 is 6.85 Å². The molecule has 0 aliphatic rings. The van der Waals surface area contributed by atoms with Crippen LogP contribution in [0.25, 0.3) is 66.1 Å². The monoisotopic (exact) mass is 654 g/mol. The van der Waals surface area contributed by atoms with E-state index in [0.29, 0.717) is 5.56 Å². The van der Waals surface area contributed by atoms with Gasteiger partial charge in [0.05, 0.1) is 6.85 Å². The smallest absolute Gasteiger partial charge is 0.0629 e. The summed E-state index contributed by atoms with van der Waals surface area (Å²) in [5.41, 5.74) is 10.5. The average molecular weight is 655 g/mol. The first kappa shape index (κ1) is 25.3. The largest absolute Gasteiger partial charge is 0.311 e. The second-order valence-corrected chi connectivity index (χ2v) is 12.6. The van der Waals surface area contributed by atoms with Crippen LogP contribution in [-0.4, -0.2) is 0 Å². The van der Waals surface area contributed by atoms with Gasteiger partial charge in [0.25, 0.3) is 0 Å². The minimum Gasteiger partial charge on any atom is -0.311 e. The number of anilines is 3. The van der Waals surface area contributed by atoms with Gasteiger partial charge in [0, 0.05) is 17.1 Å². The topological polar surface area (TPSA) is 3.24 Å². The normalized spacial score (nSPS) is 12.5. The second kappa shape index (κ2) is 13.3. The SMILES string of the molecule is [2H]c1c([2H])c([2H])c(-c2ccc(-c3ccc(N(c4ccc(-c5cccc6ccccc56)cc4)c4ccc(-c5cccc6ccccc56)cc4)cc3)cc2)c([2H])c1[2H]. The molecule has 0 aromatic heterocycles. The third-order valence-corrected chi connectivity index (χ3v) is 9.58. The Balaban J connectivity index is 1.08. The molecule has 0 radical (unpaired) electrons. The maximum absolute atomic E-state index is 8.39. The fraction of sp³-hybridized carbons (Fsp3) is 0. The molecule has 0 spiro atoms. The Labute approximate surface area is 306 Å². The molecule has 9 rings (SSSR count). The summed E-state index contributed by atoms with van der Waals surface area (Å²) in [6.07, 6.45) is 0. The standard InChI is InChI=1S/C50H35N/c1-2-10-36(11-3-1)37-20-22-38(23-21-37)39-24-30-44(31-25-39)51(45-32-26-42(27-33-45)49-18-8-14-40-12-4-6-16-47(40)49)46-34-28-43(29-35-46)50-19-9-15-41-13-5-7-17-48(41)50/h1-35H/i1D,2D,3D,10D,11D. The van der Waals surface area contributed by atoms with Crippen molar-refractivity contribution in [2.24, 2.45) is 0 Å². The lowest BCUT2D eigenvalue weighted by atomic mass is 9.97. The number of benzene rings is 9. The Hall–Kier alpha value is -6.70. The van der Waals surface area contributed by atoms with E-state index < -0.39 is 6.04 Å². The Morgan fingerprint density at radius 2 is 0.647 bits per heavy atom. The molecule has 0 atom stereocenters. The zero-order valence-corrected chi connectivity index (χ0v) is 27.8. The van der Waals surface area contributed by atoms with Crippen LogP contribution in [0.4, 0.5) is 17.1 Å².